The molecule has 0 atom stereocenters. The molecule has 0 aromatic heterocycles. The summed E-state index contributed by atoms with van der Waals surface area (Å²) in [5, 5.41) is 0. The SMILES string of the molecule is C=CC(=O)OCCCCCCOc1ccc(OC)cc1.C=CC(=O)OCCCCCCOc1ccc(OC)cc1.CCC.NC(=O)c1cc(OC(=O)C2CCC(C=O)CC2)ccc1OC(=C1CCC1)C1CCC(C=O)CC1. The number of hydrogen-bond acceptors (Lipinski definition) is 14. The molecule has 0 radical (unpaired) electrons. The highest BCUT2D eigenvalue weighted by atomic mass is 16.5. The third kappa shape index (κ3) is 25.7. The van der Waals surface area contributed by atoms with E-state index in [4.69, 9.17) is 43.6 Å². The third-order valence-corrected chi connectivity index (χ3v) is 13.1. The van der Waals surface area contributed by atoms with Gasteiger partial charge >= 0.3 is 17.9 Å². The van der Waals surface area contributed by atoms with E-state index < -0.39 is 5.91 Å². The van der Waals surface area contributed by atoms with Gasteiger partial charge in [0.15, 0.2) is 0 Å². The van der Waals surface area contributed by atoms with Crippen LogP contribution < -0.4 is 34.2 Å². The number of rotatable bonds is 28. The van der Waals surface area contributed by atoms with Gasteiger partial charge in [0, 0.05) is 29.9 Å². The minimum atomic E-state index is -0.651. The predicted molar refractivity (Wildman–Crippen MR) is 297 cm³/mol. The molecule has 0 spiro atoms. The Kier molecular flexibility index (Phi) is 32.3. The molecule has 6 rings (SSSR count). The Morgan fingerprint density at radius 1 is 0.545 bits per heavy atom. The predicted octanol–water partition coefficient (Wildman–Crippen LogP) is 12.7. The fourth-order valence-electron chi connectivity index (χ4n) is 8.53. The van der Waals surface area contributed by atoms with Crippen LogP contribution in [0.15, 0.2) is 103 Å². The number of esters is 3. The van der Waals surface area contributed by atoms with Crippen molar-refractivity contribution in [2.75, 3.05) is 40.6 Å². The van der Waals surface area contributed by atoms with E-state index in [2.05, 4.69) is 27.0 Å². The topological polar surface area (TPSA) is 202 Å². The summed E-state index contributed by atoms with van der Waals surface area (Å²) in [4.78, 5) is 68.5. The number of carbonyl (C=O) groups excluding carboxylic acids is 6. The summed E-state index contributed by atoms with van der Waals surface area (Å²) in [6.07, 6.45) is 22.7. The van der Waals surface area contributed by atoms with E-state index in [1.807, 2.05) is 48.5 Å². The minimum absolute atomic E-state index is 0.0226. The number of aldehydes is 2. The summed E-state index contributed by atoms with van der Waals surface area (Å²) >= 11 is 0. The van der Waals surface area contributed by atoms with Crippen molar-refractivity contribution >= 4 is 36.4 Å². The van der Waals surface area contributed by atoms with Gasteiger partial charge in [0.1, 0.15) is 52.8 Å². The molecule has 3 aliphatic rings. The molecule has 15 heteroatoms. The second kappa shape index (κ2) is 38.6. The van der Waals surface area contributed by atoms with Crippen LogP contribution in [0.4, 0.5) is 0 Å². The van der Waals surface area contributed by atoms with Gasteiger partial charge < -0.3 is 53.2 Å². The van der Waals surface area contributed by atoms with E-state index in [0.29, 0.717) is 57.9 Å². The quantitative estimate of drug-likeness (QED) is 0.0180. The second-order valence-electron chi connectivity index (χ2n) is 19.2. The van der Waals surface area contributed by atoms with Crippen LogP contribution in [0, 0.1) is 23.7 Å². The van der Waals surface area contributed by atoms with Crippen molar-refractivity contribution < 1.29 is 66.7 Å². The van der Waals surface area contributed by atoms with Crippen molar-refractivity contribution in [3.05, 3.63) is 109 Å². The van der Waals surface area contributed by atoms with Gasteiger partial charge in [-0.1, -0.05) is 33.4 Å². The number of hydrogen-bond donors (Lipinski definition) is 1. The maximum Gasteiger partial charge on any atom is 0.330 e. The molecule has 0 heterocycles. The molecular formula is C62H85NO14. The minimum Gasteiger partial charge on any atom is -0.497 e. The van der Waals surface area contributed by atoms with Crippen molar-refractivity contribution in [2.45, 2.75) is 142 Å². The Balaban J connectivity index is 0.000000314. The standard InChI is InChI=1S/C27H33NO6.2C16H22O4.C3H8/c28-26(31)23-14-22(33-27(32)21-10-6-18(16-30)7-11-21)12-13-24(23)34-25(19-2-1-3-19)20-8-4-17(15-29)5-9-20;2*1-3-16(17)20-13-7-5-4-6-12-19-15-10-8-14(18-2)9-11-15;1-3-2/h12-18,20-21H,1-11H2,(H2,28,31);2*3,8-11H,1,4-7,12-13H2,2H3;3H2,1-2H3. The first-order valence-electron chi connectivity index (χ1n) is 27.5. The van der Waals surface area contributed by atoms with Crippen LogP contribution in [0.3, 0.4) is 0 Å². The van der Waals surface area contributed by atoms with Gasteiger partial charge in [0.25, 0.3) is 5.91 Å². The number of unbranched alkanes of at least 4 members (excludes halogenated alkanes) is 6. The zero-order valence-electron chi connectivity index (χ0n) is 46.1. The molecule has 0 unspecified atom stereocenters. The van der Waals surface area contributed by atoms with Crippen LogP contribution in [0.1, 0.15) is 153 Å². The summed E-state index contributed by atoms with van der Waals surface area (Å²) in [6.45, 7) is 13.2. The number of primary amides is 1. The molecular weight excluding hydrogens is 983 g/mol. The van der Waals surface area contributed by atoms with E-state index in [1.165, 1.54) is 30.2 Å². The van der Waals surface area contributed by atoms with Gasteiger partial charge in [0.05, 0.1) is 52.1 Å². The first-order valence-corrected chi connectivity index (χ1v) is 27.5. The van der Waals surface area contributed by atoms with Gasteiger partial charge in [-0.05, 0) is 194 Å². The maximum atomic E-state index is 12.6. The summed E-state index contributed by atoms with van der Waals surface area (Å²) in [6, 6.07) is 19.8. The largest absolute Gasteiger partial charge is 0.497 e. The number of ether oxygens (including phenoxy) is 8. The average Bonchev–Trinajstić information content (AvgIpc) is 3.45. The third-order valence-electron chi connectivity index (χ3n) is 13.1. The average molecular weight is 1070 g/mol. The Hall–Kier alpha value is -6.90. The van der Waals surface area contributed by atoms with Crippen molar-refractivity contribution in [3.8, 4) is 34.5 Å². The van der Waals surface area contributed by atoms with Crippen LogP contribution in [-0.2, 0) is 33.4 Å². The number of carbonyl (C=O) groups is 6. The molecule has 0 saturated heterocycles. The monoisotopic (exact) mass is 1070 g/mol. The van der Waals surface area contributed by atoms with Crippen LogP contribution in [0.2, 0.25) is 0 Å². The highest BCUT2D eigenvalue weighted by Gasteiger charge is 2.31. The number of benzene rings is 3. The first kappa shape index (κ1) is 64.4. The summed E-state index contributed by atoms with van der Waals surface area (Å²) < 4.78 is 43.1. The van der Waals surface area contributed by atoms with Gasteiger partial charge in [-0.2, -0.15) is 0 Å². The smallest absolute Gasteiger partial charge is 0.330 e. The Labute approximate surface area is 457 Å². The second-order valence-corrected chi connectivity index (χ2v) is 19.2. The molecule has 2 N–H and O–H groups in total. The maximum absolute atomic E-state index is 12.6. The number of methoxy groups -OCH3 is 2. The summed E-state index contributed by atoms with van der Waals surface area (Å²) in [5.41, 5.74) is 7.10. The molecule has 77 heavy (non-hydrogen) atoms. The van der Waals surface area contributed by atoms with Gasteiger partial charge in [-0.3, -0.25) is 9.59 Å². The lowest BCUT2D eigenvalue weighted by Crippen LogP contribution is -2.26. The van der Waals surface area contributed by atoms with Crippen LogP contribution in [-0.4, -0.2) is 77.0 Å². The van der Waals surface area contributed by atoms with E-state index in [1.54, 1.807) is 26.4 Å². The molecule has 0 bridgehead atoms. The fourth-order valence-corrected chi connectivity index (χ4v) is 8.53. The van der Waals surface area contributed by atoms with Gasteiger partial charge in [-0.15, -0.1) is 0 Å². The molecule has 3 aromatic carbocycles. The van der Waals surface area contributed by atoms with Crippen molar-refractivity contribution in [3.63, 3.8) is 0 Å². The van der Waals surface area contributed by atoms with Gasteiger partial charge in [-0.25, -0.2) is 9.59 Å². The molecule has 0 aliphatic heterocycles. The molecule has 3 fully saturated rings. The fraction of sp³-hybridized carbons (Fsp3) is 0.516. The number of allylic oxidation sites excluding steroid dienone is 2. The Morgan fingerprint density at radius 3 is 1.32 bits per heavy atom. The van der Waals surface area contributed by atoms with E-state index in [-0.39, 0.29) is 52.9 Å². The summed E-state index contributed by atoms with van der Waals surface area (Å²) in [7, 11) is 3.28. The lowest BCUT2D eigenvalue weighted by molar-refractivity contribution is -0.141. The van der Waals surface area contributed by atoms with E-state index in [9.17, 15) is 28.8 Å². The van der Waals surface area contributed by atoms with Crippen molar-refractivity contribution in [1.82, 2.24) is 0 Å². The molecule has 15 nitrogen and oxygen atoms in total. The lowest BCUT2D eigenvalue weighted by Gasteiger charge is -2.32. The Morgan fingerprint density at radius 2 is 0.948 bits per heavy atom. The lowest BCUT2D eigenvalue weighted by atomic mass is 9.78. The Bertz CT molecular complexity index is 2170. The highest BCUT2D eigenvalue weighted by Crippen LogP contribution is 2.41. The number of amides is 1. The van der Waals surface area contributed by atoms with Gasteiger partial charge in [0.2, 0.25) is 0 Å². The van der Waals surface area contributed by atoms with Crippen LogP contribution in [0.5, 0.6) is 34.5 Å². The number of nitrogens with two attached hydrogens (primary N) is 1. The van der Waals surface area contributed by atoms with Crippen LogP contribution >= 0.6 is 0 Å². The first-order chi connectivity index (χ1) is 37.4. The molecule has 3 saturated carbocycles. The zero-order chi connectivity index (χ0) is 56.0. The van der Waals surface area contributed by atoms with E-state index >= 15 is 0 Å². The van der Waals surface area contributed by atoms with Crippen molar-refractivity contribution in [2.24, 2.45) is 29.4 Å². The summed E-state index contributed by atoms with van der Waals surface area (Å²) in [5.74, 6) is 3.30. The van der Waals surface area contributed by atoms with Crippen molar-refractivity contribution in [1.29, 1.82) is 0 Å². The molecule has 3 aliphatic carbocycles. The molecule has 1 amide bonds. The molecule has 422 valence electrons. The zero-order valence-corrected chi connectivity index (χ0v) is 46.1. The molecule has 3 aromatic rings. The van der Waals surface area contributed by atoms with E-state index in [0.717, 1.165) is 138 Å². The highest BCUT2D eigenvalue weighted by molar-refractivity contribution is 5.96. The van der Waals surface area contributed by atoms with Crippen LogP contribution in [0.25, 0.3) is 0 Å². The normalized spacial score (nSPS) is 17.1.